The van der Waals surface area contributed by atoms with E-state index in [0.717, 1.165) is 5.56 Å². The van der Waals surface area contributed by atoms with Gasteiger partial charge in [0.25, 0.3) is 0 Å². The molecule has 6 atom stereocenters. The zero-order valence-corrected chi connectivity index (χ0v) is 30.4. The third-order valence-electron chi connectivity index (χ3n) is 9.67. The molecular formula is C36H47N11O8. The smallest absolute Gasteiger partial charge is 0.326 e. The topological polar surface area (TPSA) is 278 Å². The summed E-state index contributed by atoms with van der Waals surface area (Å²) in [6, 6.07) is 2.65. The Bertz CT molecular complexity index is 1800. The summed E-state index contributed by atoms with van der Waals surface area (Å²) in [6.45, 7) is 1.46. The summed E-state index contributed by atoms with van der Waals surface area (Å²) in [6.07, 6.45) is 7.76. The van der Waals surface area contributed by atoms with Crippen molar-refractivity contribution in [3.63, 3.8) is 0 Å². The zero-order chi connectivity index (χ0) is 39.5. The van der Waals surface area contributed by atoms with E-state index >= 15 is 0 Å². The Hall–Kier alpha value is -6.11. The number of benzene rings is 1. The second-order valence-electron chi connectivity index (χ2n) is 13.7. The van der Waals surface area contributed by atoms with Crippen LogP contribution < -0.4 is 27.0 Å². The standard InChI is InChI=1S/C36H47N11O8/c1-21(34(52)47-12-6-10-29(47)36(54)55)43-32(50)26(13-22-7-3-2-4-8-22)45-33(51)28-9-5-11-46(28)35(53)27(15-24-17-39-20-42-24)44-30(48)18-40-31(49)25(37)14-23-16-38-19-41-23/h2-4,7-8,16-17,19-21,25-29H,5-6,9-15,18,37H2,1H3,(H,38,41)(H,39,42)(H,40,49)(H,43,50)(H,44,48)(H,45,51)(H,54,55)/t21-,25-,26-,27-,28-,29-/m0/s1. The minimum atomic E-state index is -1.15. The highest BCUT2D eigenvalue weighted by Crippen LogP contribution is 2.21. The fourth-order valence-corrected chi connectivity index (χ4v) is 6.83. The summed E-state index contributed by atoms with van der Waals surface area (Å²) in [5.74, 6) is -4.71. The fraction of sp³-hybridized carbons (Fsp3) is 0.472. The van der Waals surface area contributed by atoms with Crippen molar-refractivity contribution >= 4 is 41.4 Å². The first-order valence-electron chi connectivity index (χ1n) is 18.2. The van der Waals surface area contributed by atoms with Crippen molar-refractivity contribution in [1.29, 1.82) is 0 Å². The second kappa shape index (κ2) is 18.8. The van der Waals surface area contributed by atoms with Crippen LogP contribution in [0.2, 0.25) is 0 Å². The molecule has 2 saturated heterocycles. The van der Waals surface area contributed by atoms with Gasteiger partial charge in [0.15, 0.2) is 0 Å². The van der Waals surface area contributed by atoms with E-state index in [1.165, 1.54) is 41.8 Å². The number of aromatic nitrogens is 4. The summed E-state index contributed by atoms with van der Waals surface area (Å²) in [5.41, 5.74) is 7.88. The second-order valence-corrected chi connectivity index (χ2v) is 13.7. The van der Waals surface area contributed by atoms with Crippen LogP contribution >= 0.6 is 0 Å². The molecule has 2 aliphatic rings. The van der Waals surface area contributed by atoms with E-state index in [1.54, 1.807) is 30.3 Å². The molecule has 6 amide bonds. The molecule has 0 aliphatic carbocycles. The molecule has 2 fully saturated rings. The Morgan fingerprint density at radius 3 is 2.04 bits per heavy atom. The van der Waals surface area contributed by atoms with E-state index in [4.69, 9.17) is 5.73 Å². The van der Waals surface area contributed by atoms with E-state index in [9.17, 15) is 38.7 Å². The number of nitrogens with zero attached hydrogens (tertiary/aromatic N) is 4. The number of nitrogens with one attached hydrogen (secondary N) is 6. The molecule has 19 nitrogen and oxygen atoms in total. The van der Waals surface area contributed by atoms with Crippen molar-refractivity contribution in [1.82, 2.24) is 51.0 Å². The highest BCUT2D eigenvalue weighted by Gasteiger charge is 2.40. The Balaban J connectivity index is 1.25. The van der Waals surface area contributed by atoms with Crippen molar-refractivity contribution in [2.45, 2.75) is 88.1 Å². The number of likely N-dealkylation sites (tertiary alicyclic amines) is 2. The number of carboxylic acid groups (broad SMARTS) is 1. The number of nitrogens with two attached hydrogens (primary N) is 1. The molecule has 0 unspecified atom stereocenters. The van der Waals surface area contributed by atoms with Gasteiger partial charge in [-0.25, -0.2) is 14.8 Å². The lowest BCUT2D eigenvalue weighted by Crippen LogP contribution is -2.59. The molecule has 3 aromatic rings. The largest absolute Gasteiger partial charge is 0.480 e. The van der Waals surface area contributed by atoms with E-state index in [1.807, 2.05) is 0 Å². The SMILES string of the molecule is C[C@H](NC(=O)[C@H](Cc1ccccc1)NC(=O)[C@@H]1CCCN1C(=O)[C@H](Cc1cnc[nH]1)NC(=O)CNC(=O)[C@@H](N)Cc1cnc[nH]1)C(=O)N1CCC[C@H]1C(=O)O. The first kappa shape index (κ1) is 40.1. The van der Waals surface area contributed by atoms with Gasteiger partial charge in [0.1, 0.15) is 30.2 Å². The molecule has 0 radical (unpaired) electrons. The average Bonchev–Trinajstić information content (AvgIpc) is 4.01. The molecule has 55 heavy (non-hydrogen) atoms. The van der Waals surface area contributed by atoms with Crippen LogP contribution in [0.4, 0.5) is 0 Å². The van der Waals surface area contributed by atoms with Crippen molar-refractivity contribution in [3.8, 4) is 0 Å². The highest BCUT2D eigenvalue weighted by atomic mass is 16.4. The molecule has 294 valence electrons. The minimum absolute atomic E-state index is 0.00735. The Labute approximate surface area is 316 Å². The van der Waals surface area contributed by atoms with Gasteiger partial charge in [-0.3, -0.25) is 28.8 Å². The quantitative estimate of drug-likeness (QED) is 0.0756. The first-order valence-corrected chi connectivity index (χ1v) is 18.2. The molecule has 9 N–H and O–H groups in total. The summed E-state index contributed by atoms with van der Waals surface area (Å²) in [4.78, 5) is 108. The summed E-state index contributed by atoms with van der Waals surface area (Å²) in [7, 11) is 0. The molecule has 0 bridgehead atoms. The number of carbonyl (C=O) groups is 7. The summed E-state index contributed by atoms with van der Waals surface area (Å²) in [5, 5.41) is 20.1. The van der Waals surface area contributed by atoms with E-state index < -0.39 is 84.2 Å². The lowest BCUT2D eigenvalue weighted by Gasteiger charge is -2.30. The lowest BCUT2D eigenvalue weighted by molar-refractivity contribution is -0.149. The van der Waals surface area contributed by atoms with Crippen LogP contribution in [0.25, 0.3) is 0 Å². The molecule has 19 heteroatoms. The molecule has 2 aromatic heterocycles. The number of carbonyl (C=O) groups excluding carboxylic acids is 6. The van der Waals surface area contributed by atoms with Gasteiger partial charge in [0.2, 0.25) is 35.4 Å². The van der Waals surface area contributed by atoms with Gasteiger partial charge >= 0.3 is 5.97 Å². The number of amides is 6. The van der Waals surface area contributed by atoms with Crippen molar-refractivity contribution in [3.05, 3.63) is 72.3 Å². The number of rotatable bonds is 17. The molecule has 2 aliphatic heterocycles. The first-order chi connectivity index (χ1) is 26.4. The fourth-order valence-electron chi connectivity index (χ4n) is 6.83. The number of hydrogen-bond donors (Lipinski definition) is 8. The maximum Gasteiger partial charge on any atom is 0.326 e. The van der Waals surface area contributed by atoms with E-state index in [0.29, 0.717) is 30.7 Å². The van der Waals surface area contributed by atoms with Gasteiger partial charge < -0.3 is 51.9 Å². The molecular weight excluding hydrogens is 714 g/mol. The Kier molecular flexibility index (Phi) is 13.7. The van der Waals surface area contributed by atoms with Crippen LogP contribution in [0.1, 0.15) is 49.6 Å². The van der Waals surface area contributed by atoms with Crippen LogP contribution in [0.3, 0.4) is 0 Å². The van der Waals surface area contributed by atoms with Gasteiger partial charge in [0.05, 0.1) is 25.2 Å². The van der Waals surface area contributed by atoms with Gasteiger partial charge in [-0.15, -0.1) is 0 Å². The number of carboxylic acids is 1. The van der Waals surface area contributed by atoms with Crippen molar-refractivity contribution in [2.24, 2.45) is 5.73 Å². The predicted molar refractivity (Wildman–Crippen MR) is 194 cm³/mol. The predicted octanol–water partition coefficient (Wildman–Crippen LogP) is -1.85. The molecule has 0 saturated carbocycles. The third kappa shape index (κ3) is 10.7. The van der Waals surface area contributed by atoms with Crippen LogP contribution in [-0.2, 0) is 52.8 Å². The number of aromatic amines is 2. The molecule has 1 aromatic carbocycles. The summed E-state index contributed by atoms with van der Waals surface area (Å²) < 4.78 is 0. The number of imidazole rings is 2. The number of aliphatic carboxylic acids is 1. The van der Waals surface area contributed by atoms with Gasteiger partial charge in [-0.1, -0.05) is 30.3 Å². The van der Waals surface area contributed by atoms with Crippen molar-refractivity contribution in [2.75, 3.05) is 19.6 Å². The van der Waals surface area contributed by atoms with Crippen molar-refractivity contribution < 1.29 is 38.7 Å². The van der Waals surface area contributed by atoms with E-state index in [2.05, 4.69) is 41.2 Å². The zero-order valence-electron chi connectivity index (χ0n) is 30.4. The lowest BCUT2D eigenvalue weighted by atomic mass is 10.0. The van der Waals surface area contributed by atoms with Gasteiger partial charge in [-0.05, 0) is 38.2 Å². The third-order valence-corrected chi connectivity index (χ3v) is 9.67. The molecule has 5 rings (SSSR count). The molecule has 4 heterocycles. The van der Waals surface area contributed by atoms with Crippen LogP contribution in [0.15, 0.2) is 55.4 Å². The number of hydrogen-bond acceptors (Lipinski definition) is 10. The highest BCUT2D eigenvalue weighted by molar-refractivity contribution is 5.97. The maximum atomic E-state index is 14.1. The normalized spacial score (nSPS) is 18.8. The molecule has 0 spiro atoms. The average molecular weight is 762 g/mol. The minimum Gasteiger partial charge on any atom is -0.480 e. The van der Waals surface area contributed by atoms with E-state index in [-0.39, 0.29) is 38.8 Å². The van der Waals surface area contributed by atoms with Crippen LogP contribution in [0.5, 0.6) is 0 Å². The van der Waals surface area contributed by atoms with Crippen LogP contribution in [-0.4, -0.2) is 132 Å². The Morgan fingerprint density at radius 2 is 1.42 bits per heavy atom. The monoisotopic (exact) mass is 761 g/mol. The van der Waals surface area contributed by atoms with Gasteiger partial charge in [0, 0.05) is 56.1 Å². The van der Waals surface area contributed by atoms with Crippen LogP contribution in [0, 0.1) is 0 Å². The van der Waals surface area contributed by atoms with Gasteiger partial charge in [-0.2, -0.15) is 0 Å². The summed E-state index contributed by atoms with van der Waals surface area (Å²) >= 11 is 0. The number of H-pyrrole nitrogens is 2. The Morgan fingerprint density at radius 1 is 0.800 bits per heavy atom. The maximum absolute atomic E-state index is 14.1.